The number of rotatable bonds is 0. The molecule has 2 N–H and O–H groups in total. The van der Waals surface area contributed by atoms with Crippen molar-refractivity contribution in [1.82, 2.24) is 10.2 Å². The number of nitrogens with one attached hydrogen (secondary N) is 1. The van der Waals surface area contributed by atoms with Gasteiger partial charge in [-0.25, -0.2) is 0 Å². The summed E-state index contributed by atoms with van der Waals surface area (Å²) < 4.78 is 0. The summed E-state index contributed by atoms with van der Waals surface area (Å²) in [5, 5.41) is 17.3. The van der Waals surface area contributed by atoms with Crippen molar-refractivity contribution in [2.24, 2.45) is 0 Å². The van der Waals surface area contributed by atoms with Crippen LogP contribution in [0.3, 0.4) is 0 Å². The summed E-state index contributed by atoms with van der Waals surface area (Å²) in [5.74, 6) is 0.302. The van der Waals surface area contributed by atoms with Gasteiger partial charge in [-0.1, -0.05) is 0 Å². The van der Waals surface area contributed by atoms with Gasteiger partial charge in [0.05, 0.1) is 10.9 Å². The molecule has 3 nitrogen and oxygen atoms in total. The van der Waals surface area contributed by atoms with Crippen LogP contribution in [0.1, 0.15) is 11.3 Å². The smallest absolute Gasteiger partial charge is 0.127 e. The van der Waals surface area contributed by atoms with Crippen LogP contribution in [0, 0.1) is 13.8 Å². The monoisotopic (exact) mass is 162 g/mol. The second-order valence-corrected chi connectivity index (χ2v) is 3.03. The van der Waals surface area contributed by atoms with Crippen molar-refractivity contribution in [3.8, 4) is 5.75 Å². The molecule has 2 aromatic rings. The van der Waals surface area contributed by atoms with Crippen LogP contribution >= 0.6 is 0 Å². The lowest BCUT2D eigenvalue weighted by atomic mass is 10.1. The Kier molecular flexibility index (Phi) is 1.33. The van der Waals surface area contributed by atoms with E-state index in [1.807, 2.05) is 19.9 Å². The van der Waals surface area contributed by atoms with Crippen molar-refractivity contribution in [3.05, 3.63) is 23.4 Å². The number of nitrogens with zero attached hydrogens (tertiary/aromatic N) is 1. The maximum absolute atomic E-state index is 9.56. The molecule has 0 amide bonds. The summed E-state index contributed by atoms with van der Waals surface area (Å²) in [5.41, 5.74) is 2.75. The molecule has 0 spiro atoms. The van der Waals surface area contributed by atoms with Crippen molar-refractivity contribution in [2.75, 3.05) is 0 Å². The van der Waals surface area contributed by atoms with Crippen molar-refractivity contribution in [1.29, 1.82) is 0 Å². The van der Waals surface area contributed by atoms with Gasteiger partial charge in [-0.2, -0.15) is 5.10 Å². The SMILES string of the molecule is Cc1cc(O)c2c(C)[nH]nc2c1. The van der Waals surface area contributed by atoms with E-state index in [1.165, 1.54) is 0 Å². The standard InChI is InChI=1S/C9H10N2O/c1-5-3-7-9(8(12)4-5)6(2)10-11-7/h3-4,12H,1-2H3,(H,10,11). The quantitative estimate of drug-likeness (QED) is 0.621. The molecule has 0 bridgehead atoms. The van der Waals surface area contributed by atoms with Crippen LogP contribution in [0.25, 0.3) is 10.9 Å². The largest absolute Gasteiger partial charge is 0.507 e. The first kappa shape index (κ1) is 7.16. The molecule has 0 fully saturated rings. The van der Waals surface area contributed by atoms with E-state index in [0.717, 1.165) is 22.2 Å². The average Bonchev–Trinajstić information content (AvgIpc) is 2.31. The van der Waals surface area contributed by atoms with Gasteiger partial charge >= 0.3 is 0 Å². The van der Waals surface area contributed by atoms with Gasteiger partial charge in [0.15, 0.2) is 0 Å². The van der Waals surface area contributed by atoms with Gasteiger partial charge in [0.25, 0.3) is 0 Å². The van der Waals surface area contributed by atoms with Gasteiger partial charge in [-0.3, -0.25) is 5.10 Å². The summed E-state index contributed by atoms with van der Waals surface area (Å²) in [4.78, 5) is 0. The first-order chi connectivity index (χ1) is 5.68. The van der Waals surface area contributed by atoms with E-state index in [0.29, 0.717) is 5.75 Å². The second-order valence-electron chi connectivity index (χ2n) is 3.03. The highest BCUT2D eigenvalue weighted by molar-refractivity contribution is 5.87. The number of aromatic nitrogens is 2. The Morgan fingerprint density at radius 1 is 1.33 bits per heavy atom. The van der Waals surface area contributed by atoms with Gasteiger partial charge in [-0.15, -0.1) is 0 Å². The molecule has 1 aromatic heterocycles. The highest BCUT2D eigenvalue weighted by Gasteiger charge is 2.06. The van der Waals surface area contributed by atoms with Crippen molar-refractivity contribution < 1.29 is 5.11 Å². The molecule has 0 atom stereocenters. The van der Waals surface area contributed by atoms with E-state index in [1.54, 1.807) is 6.07 Å². The molecule has 12 heavy (non-hydrogen) atoms. The van der Waals surface area contributed by atoms with E-state index >= 15 is 0 Å². The van der Waals surface area contributed by atoms with Gasteiger partial charge in [0, 0.05) is 5.69 Å². The Labute approximate surface area is 70.0 Å². The van der Waals surface area contributed by atoms with Crippen molar-refractivity contribution in [2.45, 2.75) is 13.8 Å². The minimum absolute atomic E-state index is 0.302. The maximum atomic E-state index is 9.56. The molecule has 3 heteroatoms. The number of aryl methyl sites for hydroxylation is 2. The number of phenols is 1. The Morgan fingerprint density at radius 2 is 2.08 bits per heavy atom. The molecular weight excluding hydrogens is 152 g/mol. The number of aromatic amines is 1. The molecule has 0 saturated carbocycles. The lowest BCUT2D eigenvalue weighted by Crippen LogP contribution is -1.75. The molecule has 0 radical (unpaired) electrons. The number of aromatic hydroxyl groups is 1. The first-order valence-corrected chi connectivity index (χ1v) is 3.83. The summed E-state index contributed by atoms with van der Waals surface area (Å²) in [6.45, 7) is 3.83. The summed E-state index contributed by atoms with van der Waals surface area (Å²) in [7, 11) is 0. The van der Waals surface area contributed by atoms with Crippen LogP contribution in [0.15, 0.2) is 12.1 Å². The van der Waals surface area contributed by atoms with E-state index in [4.69, 9.17) is 0 Å². The van der Waals surface area contributed by atoms with Crippen LogP contribution in [-0.4, -0.2) is 15.3 Å². The number of hydrogen-bond donors (Lipinski definition) is 2. The zero-order valence-electron chi connectivity index (χ0n) is 7.05. The van der Waals surface area contributed by atoms with Gasteiger partial charge in [0.2, 0.25) is 0 Å². The zero-order valence-corrected chi connectivity index (χ0v) is 7.05. The summed E-state index contributed by atoms with van der Waals surface area (Å²) >= 11 is 0. The summed E-state index contributed by atoms with van der Waals surface area (Å²) in [6.07, 6.45) is 0. The van der Waals surface area contributed by atoms with Crippen LogP contribution in [0.5, 0.6) is 5.75 Å². The molecular formula is C9H10N2O. The predicted octanol–water partition coefficient (Wildman–Crippen LogP) is 1.89. The number of hydrogen-bond acceptors (Lipinski definition) is 2. The van der Waals surface area contributed by atoms with Crippen molar-refractivity contribution in [3.63, 3.8) is 0 Å². The molecule has 0 aliphatic rings. The molecule has 0 aliphatic heterocycles. The molecule has 2 rings (SSSR count). The maximum Gasteiger partial charge on any atom is 0.127 e. The third-order valence-corrected chi connectivity index (χ3v) is 1.96. The number of phenolic OH excluding ortho intramolecular Hbond substituents is 1. The van der Waals surface area contributed by atoms with E-state index in [-0.39, 0.29) is 0 Å². The van der Waals surface area contributed by atoms with Gasteiger partial charge in [-0.05, 0) is 31.5 Å². The van der Waals surface area contributed by atoms with E-state index in [9.17, 15) is 5.11 Å². The molecule has 62 valence electrons. The van der Waals surface area contributed by atoms with Crippen LogP contribution in [0.4, 0.5) is 0 Å². The number of H-pyrrole nitrogens is 1. The van der Waals surface area contributed by atoms with Gasteiger partial charge in [0.1, 0.15) is 5.75 Å². The molecule has 0 saturated heterocycles. The molecule has 0 aliphatic carbocycles. The highest BCUT2D eigenvalue weighted by atomic mass is 16.3. The molecule has 1 heterocycles. The Balaban J connectivity index is 2.93. The average molecular weight is 162 g/mol. The third kappa shape index (κ3) is 0.863. The molecule has 1 aromatic carbocycles. The van der Waals surface area contributed by atoms with Crippen molar-refractivity contribution >= 4 is 10.9 Å². The van der Waals surface area contributed by atoms with E-state index in [2.05, 4.69) is 10.2 Å². The second kappa shape index (κ2) is 2.24. The first-order valence-electron chi connectivity index (χ1n) is 3.83. The summed E-state index contributed by atoms with van der Waals surface area (Å²) in [6, 6.07) is 3.68. The fourth-order valence-corrected chi connectivity index (χ4v) is 1.42. The molecule has 0 unspecified atom stereocenters. The number of benzene rings is 1. The lowest BCUT2D eigenvalue weighted by Gasteiger charge is -1.96. The van der Waals surface area contributed by atoms with Crippen LogP contribution in [-0.2, 0) is 0 Å². The van der Waals surface area contributed by atoms with Gasteiger partial charge < -0.3 is 5.11 Å². The Hall–Kier alpha value is -1.51. The lowest BCUT2D eigenvalue weighted by molar-refractivity contribution is 0.481. The predicted molar refractivity (Wildman–Crippen MR) is 47.2 cm³/mol. The fourth-order valence-electron chi connectivity index (χ4n) is 1.42. The normalized spacial score (nSPS) is 10.8. The van der Waals surface area contributed by atoms with Crippen LogP contribution in [0.2, 0.25) is 0 Å². The fraction of sp³-hybridized carbons (Fsp3) is 0.222. The minimum Gasteiger partial charge on any atom is -0.507 e. The third-order valence-electron chi connectivity index (χ3n) is 1.96. The number of fused-ring (bicyclic) bond motifs is 1. The minimum atomic E-state index is 0.302. The zero-order chi connectivity index (χ0) is 8.72. The van der Waals surface area contributed by atoms with Crippen LogP contribution < -0.4 is 0 Å². The Morgan fingerprint density at radius 3 is 2.83 bits per heavy atom. The Bertz CT molecular complexity index is 431. The highest BCUT2D eigenvalue weighted by Crippen LogP contribution is 2.26. The van der Waals surface area contributed by atoms with E-state index < -0.39 is 0 Å². The topological polar surface area (TPSA) is 48.9 Å².